The first kappa shape index (κ1) is 16.9. The molecule has 1 atom stereocenters. The number of carboxylic acid groups (broad SMARTS) is 1. The van der Waals surface area contributed by atoms with Gasteiger partial charge < -0.3 is 15.2 Å². The van der Waals surface area contributed by atoms with Crippen LogP contribution in [0.2, 0.25) is 0 Å². The summed E-state index contributed by atoms with van der Waals surface area (Å²) >= 11 is 0. The van der Waals surface area contributed by atoms with Crippen molar-refractivity contribution in [3.63, 3.8) is 0 Å². The number of hydrogen-bond acceptors (Lipinski definition) is 5. The topological polar surface area (TPSA) is 119 Å². The molecule has 8 nitrogen and oxygen atoms in total. The lowest BCUT2D eigenvalue weighted by molar-refractivity contribution is -0.384. The summed E-state index contributed by atoms with van der Waals surface area (Å²) in [5.74, 6) is -1.57. The number of non-ortho nitro benzene ring substituents is 1. The van der Waals surface area contributed by atoms with Crippen molar-refractivity contribution in [3.8, 4) is 0 Å². The van der Waals surface area contributed by atoms with Gasteiger partial charge in [-0.1, -0.05) is 0 Å². The molecule has 0 spiro atoms. The molecule has 1 aromatic carbocycles. The van der Waals surface area contributed by atoms with Crippen molar-refractivity contribution in [1.29, 1.82) is 0 Å². The van der Waals surface area contributed by atoms with E-state index in [0.29, 0.717) is 13.2 Å². The molecule has 1 aliphatic rings. The average molecular weight is 322 g/mol. The highest BCUT2D eigenvalue weighted by Gasteiger charge is 2.24. The van der Waals surface area contributed by atoms with Gasteiger partial charge in [-0.15, -0.1) is 0 Å². The molecular formula is C15H18N2O6. The zero-order valence-electron chi connectivity index (χ0n) is 12.7. The number of carbonyl (C=O) groups is 2. The summed E-state index contributed by atoms with van der Waals surface area (Å²) < 4.78 is 5.27. The maximum absolute atomic E-state index is 12.3. The van der Waals surface area contributed by atoms with Crippen LogP contribution in [0, 0.1) is 16.0 Å². The predicted molar refractivity (Wildman–Crippen MR) is 80.5 cm³/mol. The number of nitrogens with one attached hydrogen (secondary N) is 1. The van der Waals surface area contributed by atoms with Crippen LogP contribution in [-0.4, -0.2) is 41.2 Å². The van der Waals surface area contributed by atoms with Crippen LogP contribution in [0.3, 0.4) is 0 Å². The summed E-state index contributed by atoms with van der Waals surface area (Å²) in [7, 11) is 0. The molecule has 2 N–H and O–H groups in total. The first-order chi connectivity index (χ1) is 10.9. The summed E-state index contributed by atoms with van der Waals surface area (Å²) in [6.45, 7) is 3.15. The molecule has 0 radical (unpaired) electrons. The molecule has 8 heteroatoms. The summed E-state index contributed by atoms with van der Waals surface area (Å²) in [6, 6.07) is 3.03. The standard InChI is InChI=1S/C15H18N2O6/c1-9(10-2-4-23-5-3-10)16-14(18)11-6-12(15(19)20)8-13(7-11)17(21)22/h6-10H,2-5H2,1H3,(H,16,18)(H,19,20). The van der Waals surface area contributed by atoms with E-state index in [-0.39, 0.29) is 23.1 Å². The first-order valence-electron chi connectivity index (χ1n) is 7.30. The Balaban J connectivity index is 2.17. The van der Waals surface area contributed by atoms with Crippen molar-refractivity contribution in [2.75, 3.05) is 13.2 Å². The lowest BCUT2D eigenvalue weighted by atomic mass is 9.92. The Morgan fingerprint density at radius 1 is 1.30 bits per heavy atom. The van der Waals surface area contributed by atoms with Gasteiger partial charge in [-0.25, -0.2) is 4.79 Å². The van der Waals surface area contributed by atoms with E-state index in [0.717, 1.165) is 31.0 Å². The fourth-order valence-corrected chi connectivity index (χ4v) is 2.59. The van der Waals surface area contributed by atoms with Gasteiger partial charge >= 0.3 is 5.97 Å². The smallest absolute Gasteiger partial charge is 0.335 e. The first-order valence-corrected chi connectivity index (χ1v) is 7.30. The Morgan fingerprint density at radius 3 is 2.48 bits per heavy atom. The number of amides is 1. The minimum absolute atomic E-state index is 0.0319. The van der Waals surface area contributed by atoms with Gasteiger partial charge in [0.05, 0.1) is 10.5 Å². The molecule has 1 aromatic rings. The van der Waals surface area contributed by atoms with Crippen LogP contribution in [0.5, 0.6) is 0 Å². The molecule has 23 heavy (non-hydrogen) atoms. The molecule has 1 unspecified atom stereocenters. The second-order valence-electron chi connectivity index (χ2n) is 5.54. The number of carboxylic acids is 1. The van der Waals surface area contributed by atoms with E-state index in [1.165, 1.54) is 0 Å². The number of rotatable bonds is 5. The lowest BCUT2D eigenvalue weighted by Gasteiger charge is -2.28. The van der Waals surface area contributed by atoms with E-state index >= 15 is 0 Å². The molecule has 2 rings (SSSR count). The Hall–Kier alpha value is -2.48. The molecule has 1 fully saturated rings. The fourth-order valence-electron chi connectivity index (χ4n) is 2.59. The summed E-state index contributed by atoms with van der Waals surface area (Å²) in [5.41, 5.74) is -0.743. The van der Waals surface area contributed by atoms with Gasteiger partial charge in [0, 0.05) is 37.0 Å². The zero-order chi connectivity index (χ0) is 17.0. The summed E-state index contributed by atoms with van der Waals surface area (Å²) in [5, 5.41) is 22.7. The maximum atomic E-state index is 12.3. The number of nitro groups is 1. The zero-order valence-corrected chi connectivity index (χ0v) is 12.7. The van der Waals surface area contributed by atoms with E-state index in [2.05, 4.69) is 5.32 Å². The molecule has 1 amide bonds. The van der Waals surface area contributed by atoms with Gasteiger partial charge in [0.25, 0.3) is 11.6 Å². The number of nitro benzene ring substituents is 1. The van der Waals surface area contributed by atoms with Gasteiger partial charge in [-0.05, 0) is 31.7 Å². The molecule has 1 aliphatic heterocycles. The number of nitrogens with zero attached hydrogens (tertiary/aromatic N) is 1. The quantitative estimate of drug-likeness (QED) is 0.630. The normalized spacial score (nSPS) is 16.6. The molecule has 124 valence electrons. The number of carbonyl (C=O) groups excluding carboxylic acids is 1. The molecule has 1 heterocycles. The average Bonchev–Trinajstić information content (AvgIpc) is 2.55. The molecule has 0 aromatic heterocycles. The Bertz CT molecular complexity index is 592. The monoisotopic (exact) mass is 322 g/mol. The molecular weight excluding hydrogens is 304 g/mol. The second-order valence-corrected chi connectivity index (χ2v) is 5.54. The second kappa shape index (κ2) is 7.19. The van der Waals surface area contributed by atoms with Gasteiger partial charge in [0.2, 0.25) is 0 Å². The van der Waals surface area contributed by atoms with Crippen LogP contribution in [0.4, 0.5) is 5.69 Å². The highest BCUT2D eigenvalue weighted by atomic mass is 16.6. The summed E-state index contributed by atoms with van der Waals surface area (Å²) in [6.07, 6.45) is 1.66. The number of benzene rings is 1. The predicted octanol–water partition coefficient (Wildman–Crippen LogP) is 1.84. The third-order valence-corrected chi connectivity index (χ3v) is 3.97. The molecule has 0 saturated carbocycles. The van der Waals surface area contributed by atoms with Crippen LogP contribution in [0.1, 0.15) is 40.5 Å². The van der Waals surface area contributed by atoms with Crippen molar-refractivity contribution in [3.05, 3.63) is 39.4 Å². The van der Waals surface area contributed by atoms with Crippen LogP contribution < -0.4 is 5.32 Å². The highest BCUT2D eigenvalue weighted by molar-refractivity contribution is 5.98. The number of hydrogen-bond donors (Lipinski definition) is 2. The van der Waals surface area contributed by atoms with Gasteiger partial charge in [0.1, 0.15) is 0 Å². The van der Waals surface area contributed by atoms with Crippen LogP contribution in [0.25, 0.3) is 0 Å². The molecule has 0 bridgehead atoms. The van der Waals surface area contributed by atoms with Crippen LogP contribution >= 0.6 is 0 Å². The Kier molecular flexibility index (Phi) is 5.28. The van der Waals surface area contributed by atoms with E-state index in [1.54, 1.807) is 0 Å². The molecule has 0 aliphatic carbocycles. The Morgan fingerprint density at radius 2 is 1.91 bits per heavy atom. The fraction of sp³-hybridized carbons (Fsp3) is 0.467. The number of ether oxygens (including phenoxy) is 1. The van der Waals surface area contributed by atoms with E-state index in [1.807, 2.05) is 6.92 Å². The third kappa shape index (κ3) is 4.26. The van der Waals surface area contributed by atoms with Crippen molar-refractivity contribution in [1.82, 2.24) is 5.32 Å². The Labute approximate surface area is 132 Å². The van der Waals surface area contributed by atoms with Crippen molar-refractivity contribution in [2.45, 2.75) is 25.8 Å². The highest BCUT2D eigenvalue weighted by Crippen LogP contribution is 2.21. The van der Waals surface area contributed by atoms with Crippen LogP contribution in [0.15, 0.2) is 18.2 Å². The third-order valence-electron chi connectivity index (χ3n) is 3.97. The van der Waals surface area contributed by atoms with E-state index < -0.39 is 22.5 Å². The van der Waals surface area contributed by atoms with Gasteiger partial charge in [-0.3, -0.25) is 14.9 Å². The van der Waals surface area contributed by atoms with Gasteiger partial charge in [0.15, 0.2) is 0 Å². The largest absolute Gasteiger partial charge is 0.478 e. The summed E-state index contributed by atoms with van der Waals surface area (Å²) in [4.78, 5) is 33.5. The SMILES string of the molecule is CC(NC(=O)c1cc(C(=O)O)cc([N+](=O)[O-])c1)C1CCOCC1. The van der Waals surface area contributed by atoms with Crippen LogP contribution in [-0.2, 0) is 4.74 Å². The minimum atomic E-state index is -1.32. The minimum Gasteiger partial charge on any atom is -0.478 e. The van der Waals surface area contributed by atoms with Gasteiger partial charge in [-0.2, -0.15) is 0 Å². The van der Waals surface area contributed by atoms with Crippen molar-refractivity contribution < 1.29 is 24.4 Å². The van der Waals surface area contributed by atoms with Crippen molar-refractivity contribution >= 4 is 17.6 Å². The molecule has 1 saturated heterocycles. The van der Waals surface area contributed by atoms with E-state index in [4.69, 9.17) is 9.84 Å². The van der Waals surface area contributed by atoms with Crippen molar-refractivity contribution in [2.24, 2.45) is 5.92 Å². The lowest BCUT2D eigenvalue weighted by Crippen LogP contribution is -2.40. The number of aromatic carboxylic acids is 1. The van der Waals surface area contributed by atoms with E-state index in [9.17, 15) is 19.7 Å². The maximum Gasteiger partial charge on any atom is 0.335 e.